The third kappa shape index (κ3) is 4.72. The van der Waals surface area contributed by atoms with Gasteiger partial charge < -0.3 is 16.2 Å². The molecule has 0 saturated heterocycles. The third-order valence-corrected chi connectivity index (χ3v) is 3.16. The fraction of sp³-hybridized carbons (Fsp3) is 0.545. The maximum Gasteiger partial charge on any atom is 0.129 e. The zero-order valence-corrected chi connectivity index (χ0v) is 10.4. The van der Waals surface area contributed by atoms with E-state index >= 15 is 0 Å². The second-order valence-electron chi connectivity index (χ2n) is 3.55. The molecule has 0 fully saturated rings. The lowest BCUT2D eigenvalue weighted by molar-refractivity contribution is 0.296. The summed E-state index contributed by atoms with van der Waals surface area (Å²) >= 11 is 1.83. The summed E-state index contributed by atoms with van der Waals surface area (Å²) < 4.78 is 0. The van der Waals surface area contributed by atoms with E-state index in [1.807, 2.05) is 24.8 Å². The SMILES string of the molecule is Cc1cc(N)cnc1NCCSCCCO. The Morgan fingerprint density at radius 3 is 3.00 bits per heavy atom. The Morgan fingerprint density at radius 1 is 1.50 bits per heavy atom. The third-order valence-electron chi connectivity index (χ3n) is 2.09. The molecule has 1 aromatic rings. The summed E-state index contributed by atoms with van der Waals surface area (Å²) in [5.74, 6) is 2.93. The molecule has 0 aliphatic rings. The molecule has 1 rings (SSSR count). The molecule has 1 aromatic heterocycles. The number of nitrogens with two attached hydrogens (primary N) is 1. The highest BCUT2D eigenvalue weighted by molar-refractivity contribution is 7.99. The van der Waals surface area contributed by atoms with Crippen LogP contribution < -0.4 is 11.1 Å². The molecule has 0 amide bonds. The average Bonchev–Trinajstić information content (AvgIpc) is 2.26. The first kappa shape index (κ1) is 13.1. The number of thioether (sulfide) groups is 1. The van der Waals surface area contributed by atoms with Gasteiger partial charge in [-0.05, 0) is 30.7 Å². The molecular formula is C11H19N3OS. The van der Waals surface area contributed by atoms with Crippen LogP contribution >= 0.6 is 11.8 Å². The second-order valence-corrected chi connectivity index (χ2v) is 4.78. The number of aliphatic hydroxyl groups excluding tert-OH is 1. The van der Waals surface area contributed by atoms with Gasteiger partial charge in [0.05, 0.1) is 11.9 Å². The number of pyridine rings is 1. The number of nitrogen functional groups attached to an aromatic ring is 1. The molecule has 0 spiro atoms. The van der Waals surface area contributed by atoms with Gasteiger partial charge in [0.25, 0.3) is 0 Å². The molecule has 0 atom stereocenters. The Balaban J connectivity index is 2.21. The Bertz CT molecular complexity index is 320. The van der Waals surface area contributed by atoms with Crippen LogP contribution in [0.15, 0.2) is 12.3 Å². The fourth-order valence-corrected chi connectivity index (χ4v) is 2.08. The number of nitrogens with zero attached hydrogens (tertiary/aromatic N) is 1. The molecule has 5 heteroatoms. The normalized spacial score (nSPS) is 10.4. The first-order valence-corrected chi connectivity index (χ1v) is 6.54. The van der Waals surface area contributed by atoms with Gasteiger partial charge in [-0.2, -0.15) is 11.8 Å². The maximum atomic E-state index is 8.61. The number of aryl methyl sites for hydroxylation is 1. The number of hydrogen-bond donors (Lipinski definition) is 3. The lowest BCUT2D eigenvalue weighted by Crippen LogP contribution is -2.08. The smallest absolute Gasteiger partial charge is 0.129 e. The lowest BCUT2D eigenvalue weighted by Gasteiger charge is -2.08. The van der Waals surface area contributed by atoms with Gasteiger partial charge in [-0.3, -0.25) is 0 Å². The van der Waals surface area contributed by atoms with Crippen LogP contribution in [0.4, 0.5) is 11.5 Å². The Labute approximate surface area is 101 Å². The van der Waals surface area contributed by atoms with Crippen LogP contribution in [0.25, 0.3) is 0 Å². The van der Waals surface area contributed by atoms with E-state index < -0.39 is 0 Å². The van der Waals surface area contributed by atoms with Crippen LogP contribution in [0.1, 0.15) is 12.0 Å². The van der Waals surface area contributed by atoms with Crippen molar-refractivity contribution in [3.05, 3.63) is 17.8 Å². The van der Waals surface area contributed by atoms with E-state index in [2.05, 4.69) is 10.3 Å². The van der Waals surface area contributed by atoms with Crippen molar-refractivity contribution in [1.82, 2.24) is 4.98 Å². The minimum atomic E-state index is 0.277. The number of rotatable bonds is 7. The molecule has 0 bridgehead atoms. The summed E-state index contributed by atoms with van der Waals surface area (Å²) in [6.45, 7) is 3.15. The van der Waals surface area contributed by atoms with Crippen molar-refractivity contribution < 1.29 is 5.11 Å². The number of aliphatic hydroxyl groups is 1. The van der Waals surface area contributed by atoms with Crippen LogP contribution in [-0.2, 0) is 0 Å². The Hall–Kier alpha value is -0.940. The highest BCUT2D eigenvalue weighted by Gasteiger charge is 1.99. The van der Waals surface area contributed by atoms with Gasteiger partial charge in [0, 0.05) is 18.9 Å². The molecule has 0 saturated carbocycles. The lowest BCUT2D eigenvalue weighted by atomic mass is 10.2. The summed E-state index contributed by atoms with van der Waals surface area (Å²) in [7, 11) is 0. The minimum Gasteiger partial charge on any atom is -0.397 e. The molecule has 16 heavy (non-hydrogen) atoms. The molecule has 4 N–H and O–H groups in total. The standard InChI is InChI=1S/C11H19N3OS/c1-9-7-10(12)8-14-11(9)13-3-6-16-5-2-4-15/h7-8,15H,2-6,12H2,1H3,(H,13,14). The first-order valence-electron chi connectivity index (χ1n) is 5.38. The van der Waals surface area contributed by atoms with Crippen molar-refractivity contribution in [3.63, 3.8) is 0 Å². The van der Waals surface area contributed by atoms with E-state index in [9.17, 15) is 0 Å². The highest BCUT2D eigenvalue weighted by atomic mass is 32.2. The summed E-state index contributed by atoms with van der Waals surface area (Å²) in [5.41, 5.74) is 7.38. The second kappa shape index (κ2) is 7.35. The molecule has 0 aromatic carbocycles. The minimum absolute atomic E-state index is 0.277. The zero-order valence-electron chi connectivity index (χ0n) is 9.57. The number of hydrogen-bond acceptors (Lipinski definition) is 5. The molecule has 0 aliphatic carbocycles. The number of anilines is 2. The zero-order chi connectivity index (χ0) is 11.8. The van der Waals surface area contributed by atoms with E-state index in [0.29, 0.717) is 5.69 Å². The largest absolute Gasteiger partial charge is 0.397 e. The van der Waals surface area contributed by atoms with Gasteiger partial charge in [0.1, 0.15) is 5.82 Å². The van der Waals surface area contributed by atoms with Crippen LogP contribution in [-0.4, -0.2) is 34.7 Å². The van der Waals surface area contributed by atoms with E-state index in [1.54, 1.807) is 6.20 Å². The van der Waals surface area contributed by atoms with Crippen LogP contribution in [0.3, 0.4) is 0 Å². The van der Waals surface area contributed by atoms with Crippen molar-refractivity contribution in [3.8, 4) is 0 Å². The van der Waals surface area contributed by atoms with E-state index in [-0.39, 0.29) is 6.61 Å². The number of aromatic nitrogens is 1. The fourth-order valence-electron chi connectivity index (χ4n) is 1.29. The summed E-state index contributed by atoms with van der Waals surface area (Å²) in [6, 6.07) is 1.91. The van der Waals surface area contributed by atoms with E-state index in [1.165, 1.54) is 0 Å². The highest BCUT2D eigenvalue weighted by Crippen LogP contribution is 2.13. The predicted molar refractivity (Wildman–Crippen MR) is 70.9 cm³/mol. The van der Waals surface area contributed by atoms with Gasteiger partial charge >= 0.3 is 0 Å². The molecule has 1 heterocycles. The van der Waals surface area contributed by atoms with Crippen molar-refractivity contribution in [1.29, 1.82) is 0 Å². The van der Waals surface area contributed by atoms with Crippen LogP contribution in [0.2, 0.25) is 0 Å². The van der Waals surface area contributed by atoms with Gasteiger partial charge in [-0.25, -0.2) is 4.98 Å². The molecule has 0 aliphatic heterocycles. The summed E-state index contributed by atoms with van der Waals surface area (Å²) in [4.78, 5) is 4.23. The van der Waals surface area contributed by atoms with Crippen molar-refractivity contribution in [2.75, 3.05) is 35.7 Å². The van der Waals surface area contributed by atoms with E-state index in [4.69, 9.17) is 10.8 Å². The Morgan fingerprint density at radius 2 is 2.31 bits per heavy atom. The number of nitrogens with one attached hydrogen (secondary N) is 1. The van der Waals surface area contributed by atoms with Gasteiger partial charge in [0.15, 0.2) is 0 Å². The summed E-state index contributed by atoms with van der Waals surface area (Å²) in [5, 5.41) is 11.9. The maximum absolute atomic E-state index is 8.61. The molecule has 0 unspecified atom stereocenters. The van der Waals surface area contributed by atoms with Gasteiger partial charge in [0.2, 0.25) is 0 Å². The monoisotopic (exact) mass is 241 g/mol. The molecular weight excluding hydrogens is 222 g/mol. The first-order chi connectivity index (χ1) is 7.74. The van der Waals surface area contributed by atoms with E-state index in [0.717, 1.165) is 35.9 Å². The summed E-state index contributed by atoms with van der Waals surface area (Å²) in [6.07, 6.45) is 2.53. The quantitative estimate of drug-likeness (QED) is 0.631. The molecule has 0 radical (unpaired) electrons. The Kier molecular flexibility index (Phi) is 6.03. The van der Waals surface area contributed by atoms with Crippen molar-refractivity contribution >= 4 is 23.3 Å². The van der Waals surface area contributed by atoms with Gasteiger partial charge in [-0.15, -0.1) is 0 Å². The molecule has 90 valence electrons. The van der Waals surface area contributed by atoms with Gasteiger partial charge in [-0.1, -0.05) is 0 Å². The van der Waals surface area contributed by atoms with Crippen molar-refractivity contribution in [2.24, 2.45) is 0 Å². The topological polar surface area (TPSA) is 71.2 Å². The van der Waals surface area contributed by atoms with Crippen LogP contribution in [0, 0.1) is 6.92 Å². The predicted octanol–water partition coefficient (Wildman–Crippen LogP) is 1.50. The molecule has 4 nitrogen and oxygen atoms in total. The van der Waals surface area contributed by atoms with Crippen LogP contribution in [0.5, 0.6) is 0 Å². The van der Waals surface area contributed by atoms with Crippen molar-refractivity contribution in [2.45, 2.75) is 13.3 Å². The average molecular weight is 241 g/mol.